The van der Waals surface area contributed by atoms with Crippen LogP contribution in [0.15, 0.2) is 54.6 Å². The van der Waals surface area contributed by atoms with E-state index >= 15 is 0 Å². The van der Waals surface area contributed by atoms with E-state index in [-0.39, 0.29) is 18.4 Å². The number of urea groups is 1. The number of fused-ring (bicyclic) bond motifs is 2. The van der Waals surface area contributed by atoms with Crippen LogP contribution in [-0.2, 0) is 21.5 Å². The molecule has 0 unspecified atom stereocenters. The van der Waals surface area contributed by atoms with E-state index in [2.05, 4.69) is 15.5 Å². The van der Waals surface area contributed by atoms with E-state index in [0.717, 1.165) is 47.5 Å². The van der Waals surface area contributed by atoms with Crippen LogP contribution >= 0.6 is 0 Å². The van der Waals surface area contributed by atoms with Crippen molar-refractivity contribution >= 4 is 23.5 Å². The Bertz CT molecular complexity index is 978. The van der Waals surface area contributed by atoms with Gasteiger partial charge in [-0.2, -0.15) is 0 Å². The molecule has 1 aliphatic carbocycles. The summed E-state index contributed by atoms with van der Waals surface area (Å²) in [6, 6.07) is 17.3. The van der Waals surface area contributed by atoms with Gasteiger partial charge in [-0.3, -0.25) is 14.5 Å². The minimum Gasteiger partial charge on any atom is -0.375 e. The topological polar surface area (TPSA) is 81.8 Å². The van der Waals surface area contributed by atoms with Gasteiger partial charge in [0.1, 0.15) is 12.1 Å². The van der Waals surface area contributed by atoms with Gasteiger partial charge in [0.15, 0.2) is 0 Å². The van der Waals surface area contributed by atoms with Gasteiger partial charge in [0.05, 0.1) is 0 Å². The Kier molecular flexibility index (Phi) is 5.93. The van der Waals surface area contributed by atoms with Gasteiger partial charge in [-0.05, 0) is 48.9 Å². The van der Waals surface area contributed by atoms with Crippen LogP contribution in [0.5, 0.6) is 0 Å². The minimum absolute atomic E-state index is 0.261. The maximum Gasteiger partial charge on any atom is 0.325 e. The standard InChI is InChI=1S/C24H28N4O3/c1-27(19-11-3-2-4-12-19)16-8-15-25-21(29)17-28-22(30)24(26-23(28)31)14-7-10-18-9-5-6-13-20(18)24/h2-6,9,11-13H,7-8,10,14-17H2,1H3,(H,25,29)(H,26,31)/t24-/m0/s1. The molecular formula is C24H28N4O3. The number of nitrogens with zero attached hydrogens (tertiary/aromatic N) is 2. The van der Waals surface area contributed by atoms with Crippen LogP contribution in [0, 0.1) is 0 Å². The third kappa shape index (κ3) is 4.13. The summed E-state index contributed by atoms with van der Waals surface area (Å²) in [6.45, 7) is 1.00. The molecule has 7 heteroatoms. The molecule has 162 valence electrons. The van der Waals surface area contributed by atoms with E-state index in [1.54, 1.807) is 0 Å². The Morgan fingerprint density at radius 1 is 1.13 bits per heavy atom. The Labute approximate surface area is 182 Å². The van der Waals surface area contributed by atoms with E-state index in [1.807, 2.05) is 61.6 Å². The fourth-order valence-electron chi connectivity index (χ4n) is 4.51. The van der Waals surface area contributed by atoms with Gasteiger partial charge in [-0.25, -0.2) is 4.79 Å². The van der Waals surface area contributed by atoms with Crippen molar-refractivity contribution in [3.05, 3.63) is 65.7 Å². The average Bonchev–Trinajstić information content (AvgIpc) is 3.02. The Hall–Kier alpha value is -3.35. The zero-order valence-electron chi connectivity index (χ0n) is 17.8. The zero-order chi connectivity index (χ0) is 21.8. The molecule has 7 nitrogen and oxygen atoms in total. The summed E-state index contributed by atoms with van der Waals surface area (Å²) >= 11 is 0. The number of para-hydroxylation sites is 1. The van der Waals surface area contributed by atoms with Gasteiger partial charge in [-0.15, -0.1) is 0 Å². The van der Waals surface area contributed by atoms with Crippen molar-refractivity contribution in [3.8, 4) is 0 Å². The molecule has 4 rings (SSSR count). The maximum atomic E-state index is 13.2. The average molecular weight is 421 g/mol. The lowest BCUT2D eigenvalue weighted by atomic mass is 9.76. The maximum absolute atomic E-state index is 13.2. The number of anilines is 1. The monoisotopic (exact) mass is 420 g/mol. The second kappa shape index (κ2) is 8.79. The van der Waals surface area contributed by atoms with Crippen LogP contribution in [0.2, 0.25) is 0 Å². The number of amides is 4. The summed E-state index contributed by atoms with van der Waals surface area (Å²) in [5.41, 5.74) is 2.01. The van der Waals surface area contributed by atoms with Gasteiger partial charge in [0, 0.05) is 25.8 Å². The number of aryl methyl sites for hydroxylation is 1. The molecule has 2 N–H and O–H groups in total. The number of benzene rings is 2. The molecule has 1 saturated heterocycles. The van der Waals surface area contributed by atoms with Crippen LogP contribution in [0.4, 0.5) is 10.5 Å². The molecule has 2 aromatic carbocycles. The van der Waals surface area contributed by atoms with Gasteiger partial charge in [-0.1, -0.05) is 42.5 Å². The van der Waals surface area contributed by atoms with Crippen molar-refractivity contribution in [1.82, 2.24) is 15.5 Å². The molecule has 1 aliphatic heterocycles. The second-order valence-corrected chi connectivity index (χ2v) is 8.20. The number of hydrogen-bond acceptors (Lipinski definition) is 4. The largest absolute Gasteiger partial charge is 0.375 e. The van der Waals surface area contributed by atoms with Gasteiger partial charge < -0.3 is 15.5 Å². The van der Waals surface area contributed by atoms with Crippen LogP contribution < -0.4 is 15.5 Å². The highest BCUT2D eigenvalue weighted by Gasteiger charge is 2.54. The molecular weight excluding hydrogens is 392 g/mol. The molecule has 1 spiro atoms. The number of nitrogens with one attached hydrogen (secondary N) is 2. The molecule has 0 saturated carbocycles. The summed E-state index contributed by atoms with van der Waals surface area (Å²) in [4.78, 5) is 41.4. The number of carbonyl (C=O) groups is 3. The van der Waals surface area contributed by atoms with Crippen molar-refractivity contribution in [3.63, 3.8) is 0 Å². The minimum atomic E-state index is -1.04. The van der Waals surface area contributed by atoms with Gasteiger partial charge >= 0.3 is 6.03 Å². The van der Waals surface area contributed by atoms with Crippen LogP contribution in [0.25, 0.3) is 0 Å². The highest BCUT2D eigenvalue weighted by molar-refractivity contribution is 6.09. The van der Waals surface area contributed by atoms with Crippen molar-refractivity contribution < 1.29 is 14.4 Å². The molecule has 1 atom stereocenters. The molecule has 1 fully saturated rings. The van der Waals surface area contributed by atoms with Crippen molar-refractivity contribution in [1.29, 1.82) is 0 Å². The van der Waals surface area contributed by atoms with Crippen molar-refractivity contribution in [2.75, 3.05) is 31.6 Å². The fraction of sp³-hybridized carbons (Fsp3) is 0.375. The predicted octanol–water partition coefficient (Wildman–Crippen LogP) is 2.41. The van der Waals surface area contributed by atoms with E-state index in [0.29, 0.717) is 13.0 Å². The summed E-state index contributed by atoms with van der Waals surface area (Å²) in [7, 11) is 2.01. The van der Waals surface area contributed by atoms with Gasteiger partial charge in [0.25, 0.3) is 5.91 Å². The van der Waals surface area contributed by atoms with E-state index in [9.17, 15) is 14.4 Å². The van der Waals surface area contributed by atoms with Crippen molar-refractivity contribution in [2.24, 2.45) is 0 Å². The lowest BCUT2D eigenvalue weighted by Crippen LogP contribution is -2.47. The smallest absolute Gasteiger partial charge is 0.325 e. The van der Waals surface area contributed by atoms with Crippen LogP contribution in [-0.4, -0.2) is 49.4 Å². The lowest BCUT2D eigenvalue weighted by molar-refractivity contribution is -0.135. The number of rotatable bonds is 7. The summed E-state index contributed by atoms with van der Waals surface area (Å²) in [5, 5.41) is 5.71. The molecule has 0 bridgehead atoms. The normalized spacial score (nSPS) is 19.8. The van der Waals surface area contributed by atoms with E-state index in [1.165, 1.54) is 0 Å². The second-order valence-electron chi connectivity index (χ2n) is 8.20. The Morgan fingerprint density at radius 2 is 1.87 bits per heavy atom. The van der Waals surface area contributed by atoms with Crippen LogP contribution in [0.1, 0.15) is 30.4 Å². The third-order valence-electron chi connectivity index (χ3n) is 6.14. The SMILES string of the molecule is CN(CCCNC(=O)CN1C(=O)N[C@]2(CCCc3ccccc32)C1=O)c1ccccc1. The molecule has 0 radical (unpaired) electrons. The van der Waals surface area contributed by atoms with Crippen LogP contribution in [0.3, 0.4) is 0 Å². The highest BCUT2D eigenvalue weighted by Crippen LogP contribution is 2.39. The first-order valence-electron chi connectivity index (χ1n) is 10.8. The van der Waals surface area contributed by atoms with E-state index < -0.39 is 11.6 Å². The molecule has 31 heavy (non-hydrogen) atoms. The predicted molar refractivity (Wildman–Crippen MR) is 119 cm³/mol. The number of imide groups is 1. The molecule has 2 aliphatic rings. The highest BCUT2D eigenvalue weighted by atomic mass is 16.2. The molecule has 0 aromatic heterocycles. The number of carbonyl (C=O) groups excluding carboxylic acids is 3. The van der Waals surface area contributed by atoms with E-state index in [4.69, 9.17) is 0 Å². The molecule has 2 aromatic rings. The molecule has 1 heterocycles. The molecule has 4 amide bonds. The zero-order valence-corrected chi connectivity index (χ0v) is 17.8. The number of hydrogen-bond donors (Lipinski definition) is 2. The fourth-order valence-corrected chi connectivity index (χ4v) is 4.51. The third-order valence-corrected chi connectivity index (χ3v) is 6.14. The first kappa shape index (κ1) is 20.9. The summed E-state index contributed by atoms with van der Waals surface area (Å²) < 4.78 is 0. The Balaban J connectivity index is 1.31. The first-order chi connectivity index (χ1) is 15.0. The summed E-state index contributed by atoms with van der Waals surface area (Å²) in [5.74, 6) is -0.657. The lowest BCUT2D eigenvalue weighted by Gasteiger charge is -2.33. The quantitative estimate of drug-likeness (QED) is 0.532. The summed E-state index contributed by atoms with van der Waals surface area (Å²) in [6.07, 6.45) is 3.02. The van der Waals surface area contributed by atoms with Crippen molar-refractivity contribution in [2.45, 2.75) is 31.2 Å². The Morgan fingerprint density at radius 3 is 2.68 bits per heavy atom. The first-order valence-corrected chi connectivity index (χ1v) is 10.8. The van der Waals surface area contributed by atoms with Gasteiger partial charge in [0.2, 0.25) is 5.91 Å².